The summed E-state index contributed by atoms with van der Waals surface area (Å²) in [7, 11) is 1.38. The van der Waals surface area contributed by atoms with Gasteiger partial charge in [0.05, 0.1) is 5.97 Å². The van der Waals surface area contributed by atoms with Crippen LogP contribution in [0.3, 0.4) is 0 Å². The van der Waals surface area contributed by atoms with Crippen LogP contribution in [0, 0.1) is 5.82 Å². The van der Waals surface area contributed by atoms with E-state index in [1.165, 1.54) is 7.11 Å². The molecule has 0 N–H and O–H groups in total. The molecule has 0 saturated heterocycles. The maximum atomic E-state index is 13.0. The van der Waals surface area contributed by atoms with E-state index < -0.39 is 11.8 Å². The van der Waals surface area contributed by atoms with E-state index in [1.807, 2.05) is 0 Å². The molecule has 0 bridgehead atoms. The first kappa shape index (κ1) is 10.5. The van der Waals surface area contributed by atoms with Crippen molar-refractivity contribution in [2.24, 2.45) is 0 Å². The first-order chi connectivity index (χ1) is 6.65. The Labute approximate surface area is 79.9 Å². The molecule has 0 saturated carbocycles. The number of carbonyl (C=O) groups excluding carboxylic acids is 1. The van der Waals surface area contributed by atoms with E-state index in [0.29, 0.717) is 0 Å². The number of benzene rings is 1. The highest BCUT2D eigenvalue weighted by molar-refractivity contribution is 5.86. The lowest BCUT2D eigenvalue weighted by Crippen LogP contribution is -2.22. The molecule has 0 amide bonds. The number of rotatable bonds is 4. The van der Waals surface area contributed by atoms with Crippen LogP contribution in [0.5, 0.6) is 5.75 Å². The van der Waals surface area contributed by atoms with Gasteiger partial charge in [0.25, 0.3) is 0 Å². The average Bonchev–Trinajstić information content (AvgIpc) is 2.16. The van der Waals surface area contributed by atoms with Crippen molar-refractivity contribution in [1.82, 2.24) is 0 Å². The van der Waals surface area contributed by atoms with Crippen molar-refractivity contribution in [1.29, 1.82) is 0 Å². The second-order valence-electron chi connectivity index (χ2n) is 2.48. The Balaban J connectivity index is 2.90. The molecule has 76 valence electrons. The Kier molecular flexibility index (Phi) is 3.41. The summed E-state index contributed by atoms with van der Waals surface area (Å²) in [6.07, 6.45) is 0. The van der Waals surface area contributed by atoms with E-state index >= 15 is 0 Å². The maximum absolute atomic E-state index is 13.0. The minimum Gasteiger partial charge on any atom is -0.545 e. The van der Waals surface area contributed by atoms with Crippen molar-refractivity contribution in [3.05, 3.63) is 29.6 Å². The zero-order valence-electron chi connectivity index (χ0n) is 7.45. The van der Waals surface area contributed by atoms with E-state index in [1.54, 1.807) is 0 Å². The molecule has 0 radical (unpaired) electrons. The summed E-state index contributed by atoms with van der Waals surface area (Å²) in [5.74, 6) is -2.20. The number of carboxylic acid groups (broad SMARTS) is 1. The van der Waals surface area contributed by atoms with E-state index in [2.05, 4.69) is 4.74 Å². The van der Waals surface area contributed by atoms with Crippen LogP contribution in [0.25, 0.3) is 0 Å². The second kappa shape index (κ2) is 4.57. The van der Waals surface area contributed by atoms with Gasteiger partial charge in [-0.1, -0.05) is 0 Å². The minimum absolute atomic E-state index is 0.141. The van der Waals surface area contributed by atoms with Crippen LogP contribution in [-0.4, -0.2) is 19.9 Å². The van der Waals surface area contributed by atoms with Crippen LogP contribution in [0.15, 0.2) is 18.2 Å². The quantitative estimate of drug-likeness (QED) is 0.648. The Morgan fingerprint density at radius 1 is 1.57 bits per heavy atom. The highest BCUT2D eigenvalue weighted by atomic mass is 19.1. The van der Waals surface area contributed by atoms with Gasteiger partial charge >= 0.3 is 0 Å². The molecule has 0 atom stereocenters. The molecule has 1 aromatic rings. The van der Waals surface area contributed by atoms with Crippen molar-refractivity contribution in [2.45, 2.75) is 0 Å². The van der Waals surface area contributed by atoms with Gasteiger partial charge in [0, 0.05) is 12.7 Å². The summed E-state index contributed by atoms with van der Waals surface area (Å²) in [4.78, 5) is 10.4. The third-order valence-electron chi connectivity index (χ3n) is 1.50. The van der Waals surface area contributed by atoms with Gasteiger partial charge in [0.15, 0.2) is 18.4 Å². The van der Waals surface area contributed by atoms with Gasteiger partial charge in [-0.3, -0.25) is 0 Å². The zero-order valence-corrected chi connectivity index (χ0v) is 7.45. The molecule has 0 aliphatic carbocycles. The molecule has 1 rings (SSSR count). The van der Waals surface area contributed by atoms with Crippen molar-refractivity contribution in [2.75, 3.05) is 13.9 Å². The van der Waals surface area contributed by atoms with E-state index in [0.717, 1.165) is 18.2 Å². The summed E-state index contributed by atoms with van der Waals surface area (Å²) >= 11 is 0. The monoisotopic (exact) mass is 199 g/mol. The largest absolute Gasteiger partial charge is 0.545 e. The van der Waals surface area contributed by atoms with Crippen molar-refractivity contribution >= 4 is 5.97 Å². The molecule has 0 aromatic heterocycles. The van der Waals surface area contributed by atoms with Gasteiger partial charge in [-0.25, -0.2) is 4.39 Å². The van der Waals surface area contributed by atoms with Crippen LogP contribution in [-0.2, 0) is 4.74 Å². The van der Waals surface area contributed by atoms with Crippen LogP contribution >= 0.6 is 0 Å². The van der Waals surface area contributed by atoms with Crippen LogP contribution in [0.2, 0.25) is 0 Å². The summed E-state index contributed by atoms with van der Waals surface area (Å²) < 4.78 is 22.3. The molecule has 14 heavy (non-hydrogen) atoms. The van der Waals surface area contributed by atoms with Gasteiger partial charge in [0.2, 0.25) is 0 Å². The van der Waals surface area contributed by atoms with Gasteiger partial charge in [-0.2, -0.15) is 0 Å². The Morgan fingerprint density at radius 2 is 2.29 bits per heavy atom. The van der Waals surface area contributed by atoms with Gasteiger partial charge in [0.1, 0.15) is 0 Å². The van der Waals surface area contributed by atoms with E-state index in [-0.39, 0.29) is 18.1 Å². The van der Waals surface area contributed by atoms with Gasteiger partial charge in [-0.05, 0) is 18.2 Å². The molecule has 0 heterocycles. The van der Waals surface area contributed by atoms with Crippen molar-refractivity contribution in [3.8, 4) is 5.75 Å². The molecule has 0 spiro atoms. The third-order valence-corrected chi connectivity index (χ3v) is 1.50. The highest BCUT2D eigenvalue weighted by Crippen LogP contribution is 2.18. The second-order valence-corrected chi connectivity index (χ2v) is 2.48. The van der Waals surface area contributed by atoms with E-state index in [9.17, 15) is 14.3 Å². The minimum atomic E-state index is -1.38. The number of carboxylic acids is 1. The first-order valence-corrected chi connectivity index (χ1v) is 3.77. The van der Waals surface area contributed by atoms with E-state index in [4.69, 9.17) is 4.74 Å². The molecule has 0 unspecified atom stereocenters. The molecule has 0 aliphatic heterocycles. The first-order valence-electron chi connectivity index (χ1n) is 3.77. The molecular weight excluding hydrogens is 191 g/mol. The van der Waals surface area contributed by atoms with Gasteiger partial charge in [-0.15, -0.1) is 0 Å². The topological polar surface area (TPSA) is 58.6 Å². The standard InChI is InChI=1S/C9H9FO4/c1-13-5-14-8-4-6(9(11)12)2-3-7(8)10/h2-4H,5H2,1H3,(H,11,12)/p-1. The number of halogens is 1. The summed E-state index contributed by atoms with van der Waals surface area (Å²) in [5.41, 5.74) is -0.141. The van der Waals surface area contributed by atoms with Crippen LogP contribution < -0.4 is 9.84 Å². The Bertz CT molecular complexity index is 338. The Morgan fingerprint density at radius 3 is 2.86 bits per heavy atom. The lowest BCUT2D eigenvalue weighted by molar-refractivity contribution is -0.255. The third kappa shape index (κ3) is 2.43. The molecular formula is C9H8FO4-. The normalized spacial score (nSPS) is 9.86. The smallest absolute Gasteiger partial charge is 0.188 e. The summed E-state index contributed by atoms with van der Waals surface area (Å²) in [6, 6.07) is 3.14. The van der Waals surface area contributed by atoms with Crippen LogP contribution in [0.1, 0.15) is 10.4 Å². The SMILES string of the molecule is COCOc1cc(C(=O)[O-])ccc1F. The summed E-state index contributed by atoms with van der Waals surface area (Å²) in [5, 5.41) is 10.4. The number of hydrogen-bond acceptors (Lipinski definition) is 4. The fourth-order valence-corrected chi connectivity index (χ4v) is 0.863. The highest BCUT2D eigenvalue weighted by Gasteiger charge is 2.04. The number of methoxy groups -OCH3 is 1. The lowest BCUT2D eigenvalue weighted by atomic mass is 10.2. The molecule has 4 nitrogen and oxygen atoms in total. The Hall–Kier alpha value is -1.62. The molecule has 0 aliphatic rings. The molecule has 5 heteroatoms. The molecule has 1 aromatic carbocycles. The number of ether oxygens (including phenoxy) is 2. The number of aromatic carboxylic acids is 1. The average molecular weight is 199 g/mol. The van der Waals surface area contributed by atoms with Crippen molar-refractivity contribution < 1.29 is 23.8 Å². The predicted octanol–water partition coefficient (Wildman–Crippen LogP) is 0.172. The number of carbonyl (C=O) groups is 1. The maximum Gasteiger partial charge on any atom is 0.188 e. The summed E-state index contributed by atoms with van der Waals surface area (Å²) in [6.45, 7) is -0.145. The van der Waals surface area contributed by atoms with Crippen LogP contribution in [0.4, 0.5) is 4.39 Å². The van der Waals surface area contributed by atoms with Crippen molar-refractivity contribution in [3.63, 3.8) is 0 Å². The van der Waals surface area contributed by atoms with Gasteiger partial charge < -0.3 is 19.4 Å². The fourth-order valence-electron chi connectivity index (χ4n) is 0.863. The number of hydrogen-bond donors (Lipinski definition) is 0. The zero-order chi connectivity index (χ0) is 10.6. The predicted molar refractivity (Wildman–Crippen MR) is 43.2 cm³/mol. The molecule has 0 fully saturated rings. The lowest BCUT2D eigenvalue weighted by Gasteiger charge is -2.08. The fraction of sp³-hybridized carbons (Fsp3) is 0.222.